The molecule has 2 heteroatoms. The molecule has 1 atom stereocenters. The third-order valence-electron chi connectivity index (χ3n) is 3.86. The van der Waals surface area contributed by atoms with Gasteiger partial charge in [0.2, 0.25) is 0 Å². The lowest BCUT2D eigenvalue weighted by atomic mass is 10.0. The Kier molecular flexibility index (Phi) is 19.3. The van der Waals surface area contributed by atoms with Crippen LogP contribution in [-0.2, 0) is 0 Å². The fourth-order valence-electron chi connectivity index (χ4n) is 2.23. The first-order valence-corrected chi connectivity index (χ1v) is 10.3. The van der Waals surface area contributed by atoms with Gasteiger partial charge in [0.25, 0.3) is 0 Å². The van der Waals surface area contributed by atoms with Crippen LogP contribution in [0.2, 0.25) is 0 Å². The molecule has 2 rings (SSSR count). The summed E-state index contributed by atoms with van der Waals surface area (Å²) in [5.74, 6) is 0. The average Bonchev–Trinajstić information content (AvgIpc) is 2.63. The summed E-state index contributed by atoms with van der Waals surface area (Å²) >= 11 is 0. The Labute approximate surface area is 166 Å². The number of hydrogen-bond donors (Lipinski definition) is 0. The summed E-state index contributed by atoms with van der Waals surface area (Å²) in [5.41, 5.74) is 6.27. The molecule has 0 bridgehead atoms. The number of allylic oxidation sites excluding steroid dienone is 3. The van der Waals surface area contributed by atoms with Crippen LogP contribution in [0.5, 0.6) is 0 Å². The molecule has 1 aromatic rings. The second kappa shape index (κ2) is 18.6. The molecule has 1 nitrogen and oxygen atoms in total. The molecule has 1 saturated carbocycles. The van der Waals surface area contributed by atoms with Gasteiger partial charge in [-0.15, -0.1) is 6.58 Å². The molecule has 1 aliphatic rings. The van der Waals surface area contributed by atoms with Gasteiger partial charge < -0.3 is 0 Å². The first-order chi connectivity index (χ1) is 12.3. The number of benzene rings is 1. The molecule has 0 N–H and O–H groups in total. The van der Waals surface area contributed by atoms with Crippen LogP contribution >= 0.6 is 9.24 Å². The number of nitrogens with zero attached hydrogens (tertiary/aromatic N) is 1. The first-order valence-electron chi connectivity index (χ1n) is 9.76. The topological polar surface area (TPSA) is 12.4 Å². The van der Waals surface area contributed by atoms with Crippen molar-refractivity contribution < 1.29 is 0 Å². The van der Waals surface area contributed by atoms with Crippen LogP contribution in [0.1, 0.15) is 84.3 Å². The Bertz CT molecular complexity index is 517. The molecule has 0 radical (unpaired) electrons. The minimum Gasteiger partial charge on any atom is -0.294 e. The Balaban J connectivity index is 0. The highest BCUT2D eigenvalue weighted by Crippen LogP contribution is 2.17. The lowest BCUT2D eigenvalue weighted by Gasteiger charge is -2.05. The van der Waals surface area contributed by atoms with E-state index in [0.29, 0.717) is 0 Å². The molecule has 0 aromatic heterocycles. The van der Waals surface area contributed by atoms with Crippen LogP contribution in [0.4, 0.5) is 0 Å². The smallest absolute Gasteiger partial charge is 0.0280 e. The van der Waals surface area contributed by atoms with Gasteiger partial charge in [0, 0.05) is 12.5 Å². The summed E-state index contributed by atoms with van der Waals surface area (Å²) in [5, 5.41) is 0. The van der Waals surface area contributed by atoms with Crippen molar-refractivity contribution in [3.05, 3.63) is 53.6 Å². The van der Waals surface area contributed by atoms with Gasteiger partial charge in [-0.05, 0) is 58.2 Å². The Hall–Kier alpha value is -1.20. The summed E-state index contributed by atoms with van der Waals surface area (Å²) in [6.07, 6.45) is 11.1. The van der Waals surface area contributed by atoms with Crippen LogP contribution in [0.25, 0.3) is 5.57 Å². The van der Waals surface area contributed by atoms with E-state index in [0.717, 1.165) is 5.45 Å². The SMILES string of the molecule is C/C=C(\C)c1ccccc1C.C1CCCCC1.C=C(C)C.CN=C(C)P. The second-order valence-corrected chi connectivity index (χ2v) is 7.82. The lowest BCUT2D eigenvalue weighted by molar-refractivity contribution is 0.504. The zero-order valence-corrected chi connectivity index (χ0v) is 19.5. The van der Waals surface area contributed by atoms with Gasteiger partial charge in [0.05, 0.1) is 0 Å². The Morgan fingerprint density at radius 1 is 0.962 bits per heavy atom. The van der Waals surface area contributed by atoms with Crippen LogP contribution < -0.4 is 0 Å². The second-order valence-electron chi connectivity index (χ2n) is 6.98. The van der Waals surface area contributed by atoms with E-state index in [1.165, 1.54) is 60.8 Å². The number of hydrogen-bond acceptors (Lipinski definition) is 1. The molecule has 1 aromatic carbocycles. The molecule has 1 unspecified atom stereocenters. The van der Waals surface area contributed by atoms with E-state index < -0.39 is 0 Å². The van der Waals surface area contributed by atoms with Gasteiger partial charge in [-0.3, -0.25) is 4.99 Å². The molecule has 0 heterocycles. The van der Waals surface area contributed by atoms with Crippen LogP contribution in [0, 0.1) is 6.92 Å². The number of aliphatic imine (C=N–C) groups is 1. The third kappa shape index (κ3) is 19.1. The van der Waals surface area contributed by atoms with E-state index in [2.05, 4.69) is 71.9 Å². The molecule has 148 valence electrons. The van der Waals surface area contributed by atoms with E-state index in [-0.39, 0.29) is 0 Å². The fraction of sp³-hybridized carbons (Fsp3) is 0.542. The average molecular weight is 376 g/mol. The van der Waals surface area contributed by atoms with Gasteiger partial charge in [-0.1, -0.05) is 83.7 Å². The zero-order valence-electron chi connectivity index (χ0n) is 18.4. The minimum absolute atomic E-state index is 1.05. The maximum atomic E-state index is 3.77. The normalized spacial score (nSPS) is 13.8. The number of rotatable bonds is 1. The highest BCUT2D eigenvalue weighted by Gasteiger charge is 1.96. The van der Waals surface area contributed by atoms with Gasteiger partial charge in [0.1, 0.15) is 0 Å². The van der Waals surface area contributed by atoms with Gasteiger partial charge in [-0.2, -0.15) is 0 Å². The quantitative estimate of drug-likeness (QED) is 0.266. The molecule has 1 fully saturated rings. The van der Waals surface area contributed by atoms with E-state index in [1.807, 2.05) is 20.8 Å². The van der Waals surface area contributed by atoms with Gasteiger partial charge in [0.15, 0.2) is 0 Å². The van der Waals surface area contributed by atoms with E-state index in [9.17, 15) is 0 Å². The van der Waals surface area contributed by atoms with Crippen LogP contribution in [0.15, 0.2) is 47.5 Å². The van der Waals surface area contributed by atoms with Crippen molar-refractivity contribution in [2.75, 3.05) is 7.05 Å². The summed E-state index contributed by atoms with van der Waals surface area (Å²) in [4.78, 5) is 3.77. The third-order valence-corrected chi connectivity index (χ3v) is 4.11. The van der Waals surface area contributed by atoms with Gasteiger partial charge >= 0.3 is 0 Å². The molecule has 0 saturated heterocycles. The molecule has 1 aliphatic carbocycles. The van der Waals surface area contributed by atoms with Crippen molar-refractivity contribution in [2.24, 2.45) is 4.99 Å². The van der Waals surface area contributed by atoms with Crippen LogP contribution in [-0.4, -0.2) is 12.5 Å². The predicted octanol–water partition coefficient (Wildman–Crippen LogP) is 8.25. The van der Waals surface area contributed by atoms with E-state index in [1.54, 1.807) is 7.05 Å². The molecule has 0 amide bonds. The predicted molar refractivity (Wildman–Crippen MR) is 127 cm³/mol. The van der Waals surface area contributed by atoms with Crippen molar-refractivity contribution in [3.63, 3.8) is 0 Å². The largest absolute Gasteiger partial charge is 0.294 e. The van der Waals surface area contributed by atoms with Gasteiger partial charge in [-0.25, -0.2) is 0 Å². The number of aryl methyl sites for hydroxylation is 1. The highest BCUT2D eigenvalue weighted by atomic mass is 31.0. The summed E-state index contributed by atoms with van der Waals surface area (Å²) in [6, 6.07) is 8.45. The molecule has 26 heavy (non-hydrogen) atoms. The zero-order chi connectivity index (χ0) is 20.4. The van der Waals surface area contributed by atoms with E-state index >= 15 is 0 Å². The monoisotopic (exact) mass is 375 g/mol. The maximum absolute atomic E-state index is 3.77. The van der Waals surface area contributed by atoms with Crippen molar-refractivity contribution in [2.45, 2.75) is 80.1 Å². The van der Waals surface area contributed by atoms with Crippen molar-refractivity contribution in [1.29, 1.82) is 0 Å². The lowest BCUT2D eigenvalue weighted by Crippen LogP contribution is -1.85. The van der Waals surface area contributed by atoms with Crippen molar-refractivity contribution >= 4 is 20.3 Å². The highest BCUT2D eigenvalue weighted by molar-refractivity contribution is 7.40. The Morgan fingerprint density at radius 3 is 1.58 bits per heavy atom. The minimum atomic E-state index is 1.05. The van der Waals surface area contributed by atoms with Crippen molar-refractivity contribution in [3.8, 4) is 0 Å². The summed E-state index contributed by atoms with van der Waals surface area (Å²) in [7, 11) is 4.25. The Morgan fingerprint density at radius 2 is 1.31 bits per heavy atom. The molecule has 0 aliphatic heterocycles. The molecular formula is C24H42NP. The fourth-order valence-corrected chi connectivity index (χ4v) is 2.23. The summed E-state index contributed by atoms with van der Waals surface area (Å²) < 4.78 is 0. The van der Waals surface area contributed by atoms with Crippen LogP contribution in [0.3, 0.4) is 0 Å². The van der Waals surface area contributed by atoms with E-state index in [4.69, 9.17) is 0 Å². The summed E-state index contributed by atoms with van der Waals surface area (Å²) in [6.45, 7) is 15.8. The standard InChI is InChI=1S/C11H14.C6H12.C4H8.C3H8NP/c1-4-9(2)11-8-6-5-7-10(11)3;1-2-4-6-5-3-1;1-4(2)3;1-3(5)4-2/h4-8H,1-3H3;1-6H2;1H2,2-3H3;5H2,1-2H3/b9-4+;;;. The molecular weight excluding hydrogens is 333 g/mol. The van der Waals surface area contributed by atoms with Crippen molar-refractivity contribution in [1.82, 2.24) is 0 Å². The maximum Gasteiger partial charge on any atom is 0.0280 e. The molecule has 0 spiro atoms. The first kappa shape index (κ1) is 27.0.